The lowest BCUT2D eigenvalue weighted by atomic mass is 10.2. The smallest absolute Gasteiger partial charge is 0.325 e. The molecular formula is C21H21ClN2O5S. The number of fused-ring (bicyclic) bond motifs is 1. The van der Waals surface area contributed by atoms with E-state index < -0.39 is 15.8 Å². The number of sulfone groups is 1. The van der Waals surface area contributed by atoms with Crippen LogP contribution in [-0.2, 0) is 30.7 Å². The van der Waals surface area contributed by atoms with Crippen molar-refractivity contribution in [2.45, 2.75) is 37.1 Å². The number of nitrogens with zero attached hydrogens (tertiary/aromatic N) is 1. The van der Waals surface area contributed by atoms with Crippen LogP contribution in [0.15, 0.2) is 52.3 Å². The van der Waals surface area contributed by atoms with Gasteiger partial charge in [-0.3, -0.25) is 9.59 Å². The van der Waals surface area contributed by atoms with Crippen molar-refractivity contribution in [2.75, 3.05) is 11.9 Å². The largest absolute Gasteiger partial charge is 0.465 e. The third kappa shape index (κ3) is 4.06. The molecule has 0 unspecified atom stereocenters. The minimum atomic E-state index is -3.98. The van der Waals surface area contributed by atoms with Crippen molar-refractivity contribution in [1.82, 2.24) is 4.57 Å². The van der Waals surface area contributed by atoms with E-state index in [1.54, 1.807) is 36.6 Å². The number of benzene rings is 2. The summed E-state index contributed by atoms with van der Waals surface area (Å²) in [6.07, 6.45) is 0. The van der Waals surface area contributed by atoms with Gasteiger partial charge < -0.3 is 14.6 Å². The Morgan fingerprint density at radius 3 is 2.40 bits per heavy atom. The van der Waals surface area contributed by atoms with Crippen molar-refractivity contribution < 1.29 is 22.7 Å². The zero-order valence-electron chi connectivity index (χ0n) is 16.7. The monoisotopic (exact) mass is 448 g/mol. The van der Waals surface area contributed by atoms with Crippen LogP contribution in [0, 0.1) is 6.92 Å². The fraction of sp³-hybridized carbons (Fsp3) is 0.238. The van der Waals surface area contributed by atoms with Crippen molar-refractivity contribution in [3.8, 4) is 0 Å². The highest BCUT2D eigenvalue weighted by molar-refractivity contribution is 7.91. The van der Waals surface area contributed by atoms with Crippen LogP contribution in [0.5, 0.6) is 0 Å². The molecule has 0 spiro atoms. The van der Waals surface area contributed by atoms with Gasteiger partial charge in [0.25, 0.3) is 0 Å². The molecule has 30 heavy (non-hydrogen) atoms. The van der Waals surface area contributed by atoms with E-state index in [1.165, 1.54) is 31.2 Å². The summed E-state index contributed by atoms with van der Waals surface area (Å²) in [5, 5.41) is 3.43. The lowest BCUT2D eigenvalue weighted by Crippen LogP contribution is -2.15. The number of halogens is 1. The lowest BCUT2D eigenvalue weighted by Gasteiger charge is -2.09. The number of hydrogen-bond donors (Lipinski definition) is 1. The molecule has 158 valence electrons. The first-order valence-corrected chi connectivity index (χ1v) is 11.1. The maximum Gasteiger partial charge on any atom is 0.325 e. The summed E-state index contributed by atoms with van der Waals surface area (Å²) in [7, 11) is -3.98. The molecule has 0 aliphatic carbocycles. The minimum Gasteiger partial charge on any atom is -0.465 e. The van der Waals surface area contributed by atoms with Crippen molar-refractivity contribution in [1.29, 1.82) is 0 Å². The van der Waals surface area contributed by atoms with Crippen molar-refractivity contribution in [3.05, 3.63) is 53.2 Å². The van der Waals surface area contributed by atoms with Gasteiger partial charge in [-0.2, -0.15) is 0 Å². The number of esters is 1. The van der Waals surface area contributed by atoms with Crippen LogP contribution in [0.3, 0.4) is 0 Å². The van der Waals surface area contributed by atoms with Gasteiger partial charge in [-0.05, 0) is 50.2 Å². The summed E-state index contributed by atoms with van der Waals surface area (Å²) in [5.74, 6) is -0.828. The van der Waals surface area contributed by atoms with E-state index in [-0.39, 0.29) is 28.8 Å². The molecule has 3 aromatic rings. The Bertz CT molecular complexity index is 1230. The molecule has 0 bridgehead atoms. The molecule has 3 rings (SSSR count). The zero-order valence-corrected chi connectivity index (χ0v) is 18.3. The lowest BCUT2D eigenvalue weighted by molar-refractivity contribution is -0.143. The first-order valence-electron chi connectivity index (χ1n) is 9.22. The van der Waals surface area contributed by atoms with Gasteiger partial charge in [-0.15, -0.1) is 0 Å². The first-order chi connectivity index (χ1) is 14.2. The maximum absolute atomic E-state index is 13.6. The van der Waals surface area contributed by atoms with Crippen LogP contribution in [0.4, 0.5) is 5.69 Å². The van der Waals surface area contributed by atoms with Gasteiger partial charge >= 0.3 is 5.97 Å². The Labute approximate surface area is 179 Å². The van der Waals surface area contributed by atoms with Crippen LogP contribution < -0.4 is 5.32 Å². The molecule has 0 fully saturated rings. The van der Waals surface area contributed by atoms with Crippen molar-refractivity contribution in [2.24, 2.45) is 0 Å². The van der Waals surface area contributed by atoms with E-state index in [2.05, 4.69) is 5.32 Å². The summed E-state index contributed by atoms with van der Waals surface area (Å²) >= 11 is 5.91. The van der Waals surface area contributed by atoms with Crippen LogP contribution >= 0.6 is 11.6 Å². The standard InChI is InChI=1S/C21H21ClN2O5S/c1-4-29-19(26)12-24-13(2)21(30(27,28)16-10-8-15(22)9-11-16)20-17(23-14(3)25)6-5-7-18(20)24/h5-11H,4,12H2,1-3H3,(H,23,25). The Hall–Kier alpha value is -2.84. The van der Waals surface area contributed by atoms with Crippen LogP contribution in [-0.4, -0.2) is 31.5 Å². The highest BCUT2D eigenvalue weighted by Crippen LogP contribution is 2.38. The number of hydrogen-bond acceptors (Lipinski definition) is 5. The molecule has 0 saturated heterocycles. The second-order valence-electron chi connectivity index (χ2n) is 6.64. The number of carbonyl (C=O) groups excluding carboxylic acids is 2. The molecular weight excluding hydrogens is 428 g/mol. The van der Waals surface area contributed by atoms with Gasteiger partial charge in [0.2, 0.25) is 15.7 Å². The summed E-state index contributed by atoms with van der Waals surface area (Å²) in [5.41, 5.74) is 1.21. The molecule has 0 aliphatic rings. The summed E-state index contributed by atoms with van der Waals surface area (Å²) < 4.78 is 33.7. The Balaban J connectivity index is 2.34. The molecule has 0 radical (unpaired) electrons. The summed E-state index contributed by atoms with van der Waals surface area (Å²) in [6.45, 7) is 4.72. The van der Waals surface area contributed by atoms with Gasteiger partial charge in [-0.25, -0.2) is 8.42 Å². The number of nitrogens with one attached hydrogen (secondary N) is 1. The Kier molecular flexibility index (Phi) is 6.19. The Morgan fingerprint density at radius 1 is 1.13 bits per heavy atom. The van der Waals surface area contributed by atoms with Crippen molar-refractivity contribution >= 4 is 49.9 Å². The molecule has 0 aliphatic heterocycles. The number of rotatable bonds is 6. The highest BCUT2D eigenvalue weighted by Gasteiger charge is 2.29. The maximum atomic E-state index is 13.6. The number of aromatic nitrogens is 1. The fourth-order valence-electron chi connectivity index (χ4n) is 3.38. The van der Waals surface area contributed by atoms with Gasteiger partial charge in [0.05, 0.1) is 22.7 Å². The van der Waals surface area contributed by atoms with Gasteiger partial charge in [-0.1, -0.05) is 17.7 Å². The number of amides is 1. The average molecular weight is 449 g/mol. The molecule has 1 heterocycles. The molecule has 0 atom stereocenters. The molecule has 1 N–H and O–H groups in total. The number of anilines is 1. The fourth-order valence-corrected chi connectivity index (χ4v) is 5.22. The Morgan fingerprint density at radius 2 is 1.80 bits per heavy atom. The van der Waals surface area contributed by atoms with Gasteiger partial charge in [0.1, 0.15) is 11.4 Å². The number of carbonyl (C=O) groups is 2. The van der Waals surface area contributed by atoms with E-state index in [0.29, 0.717) is 27.3 Å². The number of ether oxygens (including phenoxy) is 1. The molecule has 1 aromatic heterocycles. The zero-order chi connectivity index (χ0) is 22.1. The van der Waals surface area contributed by atoms with E-state index in [4.69, 9.17) is 16.3 Å². The van der Waals surface area contributed by atoms with Crippen LogP contribution in [0.1, 0.15) is 19.5 Å². The van der Waals surface area contributed by atoms with Gasteiger partial charge in [0.15, 0.2) is 0 Å². The van der Waals surface area contributed by atoms with E-state index in [1.807, 2.05) is 0 Å². The topological polar surface area (TPSA) is 94.5 Å². The van der Waals surface area contributed by atoms with E-state index in [9.17, 15) is 18.0 Å². The molecule has 9 heteroatoms. The second-order valence-corrected chi connectivity index (χ2v) is 8.97. The third-order valence-electron chi connectivity index (χ3n) is 4.59. The quantitative estimate of drug-likeness (QED) is 0.576. The molecule has 1 amide bonds. The van der Waals surface area contributed by atoms with Gasteiger partial charge in [0, 0.05) is 23.0 Å². The average Bonchev–Trinajstić information content (AvgIpc) is 2.95. The SMILES string of the molecule is CCOC(=O)Cn1c(C)c(S(=O)(=O)c2ccc(Cl)cc2)c2c(NC(C)=O)cccc21. The minimum absolute atomic E-state index is 0.0217. The molecule has 2 aromatic carbocycles. The highest BCUT2D eigenvalue weighted by atomic mass is 35.5. The summed E-state index contributed by atoms with van der Waals surface area (Å²) in [4.78, 5) is 24.0. The van der Waals surface area contributed by atoms with Crippen LogP contribution in [0.25, 0.3) is 10.9 Å². The van der Waals surface area contributed by atoms with E-state index in [0.717, 1.165) is 0 Å². The first kappa shape index (κ1) is 21.9. The normalized spacial score (nSPS) is 11.5. The predicted molar refractivity (Wildman–Crippen MR) is 115 cm³/mol. The second kappa shape index (κ2) is 8.49. The predicted octanol–water partition coefficient (Wildman–Crippen LogP) is 3.96. The van der Waals surface area contributed by atoms with E-state index >= 15 is 0 Å². The summed E-state index contributed by atoms with van der Waals surface area (Å²) in [6, 6.07) is 10.9. The van der Waals surface area contributed by atoms with Crippen molar-refractivity contribution in [3.63, 3.8) is 0 Å². The molecule has 0 saturated carbocycles. The third-order valence-corrected chi connectivity index (χ3v) is 6.77. The molecule has 7 nitrogen and oxygen atoms in total. The van der Waals surface area contributed by atoms with Crippen LogP contribution in [0.2, 0.25) is 5.02 Å².